The number of imidazole rings is 2. The summed E-state index contributed by atoms with van der Waals surface area (Å²) in [6.45, 7) is 8.11. The third-order valence-electron chi connectivity index (χ3n) is 4.72. The van der Waals surface area contributed by atoms with Gasteiger partial charge in [-0.05, 0) is 31.6 Å². The maximum atomic E-state index is 12.7. The van der Waals surface area contributed by atoms with Crippen LogP contribution in [0.2, 0.25) is 0 Å². The highest BCUT2D eigenvalue weighted by molar-refractivity contribution is 5.76. The molecule has 0 saturated carbocycles. The maximum Gasteiger partial charge on any atom is 0.332 e. The van der Waals surface area contributed by atoms with Crippen molar-refractivity contribution in [1.82, 2.24) is 23.1 Å². The zero-order valence-electron chi connectivity index (χ0n) is 16.3. The number of hydrogen-bond acceptors (Lipinski definition) is 4. The van der Waals surface area contributed by atoms with Crippen molar-refractivity contribution in [3.63, 3.8) is 0 Å². The Morgan fingerprint density at radius 1 is 1.18 bits per heavy atom. The van der Waals surface area contributed by atoms with E-state index in [9.17, 15) is 9.59 Å². The van der Waals surface area contributed by atoms with Crippen molar-refractivity contribution in [3.8, 4) is 11.4 Å². The smallest absolute Gasteiger partial charge is 0.332 e. The molecule has 144 valence electrons. The largest absolute Gasteiger partial charge is 0.487 e. The first-order valence-electron chi connectivity index (χ1n) is 8.84. The Balaban J connectivity index is 2.05. The van der Waals surface area contributed by atoms with Crippen LogP contribution in [0.25, 0.3) is 22.6 Å². The number of nitrogens with zero attached hydrogens (tertiary/aromatic N) is 5. The predicted molar refractivity (Wildman–Crippen MR) is 108 cm³/mol. The molecule has 0 atom stereocenters. The number of aryl methyl sites for hydroxylation is 2. The van der Waals surface area contributed by atoms with Crippen LogP contribution in [0.3, 0.4) is 0 Å². The van der Waals surface area contributed by atoms with Crippen LogP contribution in [0.5, 0.6) is 5.75 Å². The summed E-state index contributed by atoms with van der Waals surface area (Å²) in [6, 6.07) is 7.62. The molecule has 0 unspecified atom stereocenters. The average molecular weight is 379 g/mol. The molecule has 1 aromatic carbocycles. The lowest BCUT2D eigenvalue weighted by Crippen LogP contribution is -2.37. The maximum absolute atomic E-state index is 12.7. The van der Waals surface area contributed by atoms with Crippen LogP contribution in [0, 0.1) is 6.92 Å². The number of rotatable bonds is 4. The van der Waals surface area contributed by atoms with Gasteiger partial charge in [-0.1, -0.05) is 18.7 Å². The number of fused-ring (bicyclic) bond motifs is 3. The molecule has 0 amide bonds. The lowest BCUT2D eigenvalue weighted by atomic mass is 10.2. The van der Waals surface area contributed by atoms with Gasteiger partial charge in [0.25, 0.3) is 5.56 Å². The van der Waals surface area contributed by atoms with Crippen LogP contribution in [0.15, 0.2) is 52.2 Å². The molecule has 0 aliphatic rings. The van der Waals surface area contributed by atoms with Crippen molar-refractivity contribution in [1.29, 1.82) is 0 Å². The van der Waals surface area contributed by atoms with E-state index >= 15 is 0 Å². The minimum Gasteiger partial charge on any atom is -0.487 e. The predicted octanol–water partition coefficient (Wildman–Crippen LogP) is 1.94. The van der Waals surface area contributed by atoms with Gasteiger partial charge in [-0.15, -0.1) is 0 Å². The quantitative estimate of drug-likeness (QED) is 0.508. The Kier molecular flexibility index (Phi) is 3.99. The number of benzene rings is 1. The van der Waals surface area contributed by atoms with Crippen molar-refractivity contribution in [2.75, 3.05) is 6.61 Å². The average Bonchev–Trinajstić information content (AvgIpc) is 3.17. The van der Waals surface area contributed by atoms with Crippen LogP contribution in [-0.2, 0) is 14.1 Å². The molecular formula is C20H21N5O3. The van der Waals surface area contributed by atoms with E-state index in [1.807, 2.05) is 48.9 Å². The van der Waals surface area contributed by atoms with E-state index < -0.39 is 5.69 Å². The van der Waals surface area contributed by atoms with Gasteiger partial charge in [0, 0.05) is 26.0 Å². The van der Waals surface area contributed by atoms with Gasteiger partial charge < -0.3 is 4.74 Å². The van der Waals surface area contributed by atoms with Gasteiger partial charge in [0.2, 0.25) is 5.78 Å². The Bertz CT molecular complexity index is 1370. The van der Waals surface area contributed by atoms with Gasteiger partial charge in [-0.25, -0.2) is 4.79 Å². The molecule has 8 nitrogen and oxygen atoms in total. The highest BCUT2D eigenvalue weighted by Gasteiger charge is 2.20. The van der Waals surface area contributed by atoms with Crippen LogP contribution in [0.4, 0.5) is 0 Å². The first-order valence-corrected chi connectivity index (χ1v) is 8.84. The summed E-state index contributed by atoms with van der Waals surface area (Å²) in [5.41, 5.74) is 2.51. The van der Waals surface area contributed by atoms with E-state index in [2.05, 4.69) is 11.6 Å². The normalized spacial score (nSPS) is 11.4. The molecule has 0 saturated heterocycles. The first kappa shape index (κ1) is 17.8. The summed E-state index contributed by atoms with van der Waals surface area (Å²) < 4.78 is 12.0. The standard InChI is InChI=1S/C20H21N5O3/c1-12(2)11-28-15-9-7-6-8-14(15)25-13(3)10-24-16-17(21-19(24)25)22(4)20(27)23(5)18(16)26/h6-10H,1,11H2,2-5H3. The van der Waals surface area contributed by atoms with Crippen LogP contribution < -0.4 is 16.0 Å². The second kappa shape index (κ2) is 6.26. The number of hydrogen-bond donors (Lipinski definition) is 0. The highest BCUT2D eigenvalue weighted by atomic mass is 16.5. The molecule has 4 rings (SSSR count). The van der Waals surface area contributed by atoms with Gasteiger partial charge in [0.15, 0.2) is 11.2 Å². The van der Waals surface area contributed by atoms with E-state index in [0.29, 0.717) is 29.3 Å². The molecule has 3 heterocycles. The summed E-state index contributed by atoms with van der Waals surface area (Å²) in [7, 11) is 3.08. The van der Waals surface area contributed by atoms with Gasteiger partial charge >= 0.3 is 5.69 Å². The Labute approximate surface area is 160 Å². The van der Waals surface area contributed by atoms with E-state index in [1.54, 1.807) is 11.4 Å². The number of aromatic nitrogens is 5. The fraction of sp³-hybridized carbons (Fsp3) is 0.250. The molecule has 0 radical (unpaired) electrons. The summed E-state index contributed by atoms with van der Waals surface area (Å²) >= 11 is 0. The second-order valence-corrected chi connectivity index (χ2v) is 6.98. The number of ether oxygens (including phenoxy) is 1. The molecule has 8 heteroatoms. The molecule has 4 aromatic rings. The van der Waals surface area contributed by atoms with Gasteiger partial charge in [0.1, 0.15) is 12.4 Å². The van der Waals surface area contributed by atoms with Crippen molar-refractivity contribution in [2.24, 2.45) is 14.1 Å². The zero-order valence-corrected chi connectivity index (χ0v) is 16.3. The fourth-order valence-corrected chi connectivity index (χ4v) is 3.35. The monoisotopic (exact) mass is 379 g/mol. The molecule has 28 heavy (non-hydrogen) atoms. The molecule has 0 aliphatic carbocycles. The van der Waals surface area contributed by atoms with E-state index in [0.717, 1.165) is 21.5 Å². The Hall–Kier alpha value is -3.55. The summed E-state index contributed by atoms with van der Waals surface area (Å²) in [6.07, 6.45) is 1.84. The summed E-state index contributed by atoms with van der Waals surface area (Å²) in [5, 5.41) is 0. The van der Waals surface area contributed by atoms with Crippen LogP contribution >= 0.6 is 0 Å². The van der Waals surface area contributed by atoms with Crippen molar-refractivity contribution >= 4 is 16.9 Å². The van der Waals surface area contributed by atoms with E-state index in [1.165, 1.54) is 11.6 Å². The minimum atomic E-state index is -0.410. The highest BCUT2D eigenvalue weighted by Crippen LogP contribution is 2.28. The molecule has 3 aromatic heterocycles. The van der Waals surface area contributed by atoms with Crippen molar-refractivity contribution < 1.29 is 4.74 Å². The lowest BCUT2D eigenvalue weighted by molar-refractivity contribution is 0.351. The summed E-state index contributed by atoms with van der Waals surface area (Å²) in [4.78, 5) is 29.6. The first-order chi connectivity index (χ1) is 13.3. The third kappa shape index (κ3) is 2.49. The summed E-state index contributed by atoms with van der Waals surface area (Å²) in [5.74, 6) is 1.22. The molecule has 0 aliphatic heterocycles. The number of para-hydroxylation sites is 2. The SMILES string of the molecule is C=C(C)COc1ccccc1-n1c(C)cn2c3c(=O)n(C)c(=O)n(C)c3nc12. The van der Waals surface area contributed by atoms with Crippen LogP contribution in [-0.4, -0.2) is 29.7 Å². The molecule has 0 fully saturated rings. The molecule has 0 bridgehead atoms. The lowest BCUT2D eigenvalue weighted by Gasteiger charge is -2.13. The second-order valence-electron chi connectivity index (χ2n) is 6.98. The van der Waals surface area contributed by atoms with Crippen molar-refractivity contribution in [3.05, 3.63) is 69.1 Å². The van der Waals surface area contributed by atoms with Gasteiger partial charge in [-0.3, -0.25) is 22.9 Å². The molecule has 0 spiro atoms. The minimum absolute atomic E-state index is 0.345. The van der Waals surface area contributed by atoms with E-state index in [4.69, 9.17) is 4.74 Å². The Morgan fingerprint density at radius 3 is 2.61 bits per heavy atom. The van der Waals surface area contributed by atoms with Gasteiger partial charge in [-0.2, -0.15) is 4.98 Å². The van der Waals surface area contributed by atoms with E-state index in [-0.39, 0.29) is 5.56 Å². The third-order valence-corrected chi connectivity index (χ3v) is 4.72. The Morgan fingerprint density at radius 2 is 1.89 bits per heavy atom. The van der Waals surface area contributed by atoms with Crippen LogP contribution in [0.1, 0.15) is 12.6 Å². The molecular weight excluding hydrogens is 358 g/mol. The fourth-order valence-electron chi connectivity index (χ4n) is 3.35. The van der Waals surface area contributed by atoms with Gasteiger partial charge in [0.05, 0.1) is 5.69 Å². The zero-order chi connectivity index (χ0) is 20.2. The van der Waals surface area contributed by atoms with Crippen molar-refractivity contribution in [2.45, 2.75) is 13.8 Å². The molecule has 0 N–H and O–H groups in total. The topological polar surface area (TPSA) is 75.5 Å².